The average molecular weight is 434 g/mol. The number of methoxy groups -OCH3 is 1. The number of rotatable bonds is 7. The molecule has 2 aromatic carbocycles. The molecule has 6 nitrogen and oxygen atoms in total. The van der Waals surface area contributed by atoms with E-state index in [4.69, 9.17) is 4.74 Å². The molecule has 2 aliphatic rings. The van der Waals surface area contributed by atoms with Crippen LogP contribution in [0.1, 0.15) is 30.9 Å². The molecular formula is C26H31N3O3. The summed E-state index contributed by atoms with van der Waals surface area (Å²) in [5.41, 5.74) is 3.38. The van der Waals surface area contributed by atoms with Crippen molar-refractivity contribution in [3.05, 3.63) is 65.4 Å². The molecule has 0 aliphatic carbocycles. The lowest BCUT2D eigenvalue weighted by Gasteiger charge is -2.34. The van der Waals surface area contributed by atoms with Gasteiger partial charge in [0.15, 0.2) is 0 Å². The minimum atomic E-state index is -0.297. The number of carbonyl (C=O) groups is 2. The second-order valence-corrected chi connectivity index (χ2v) is 8.43. The molecule has 6 heteroatoms. The largest absolute Gasteiger partial charge is 0.496 e. The first-order valence-corrected chi connectivity index (χ1v) is 11.3. The molecule has 0 radical (unpaired) electrons. The van der Waals surface area contributed by atoms with Gasteiger partial charge in [-0.25, -0.2) is 4.90 Å². The molecule has 168 valence electrons. The number of hydrogen-bond acceptors (Lipinski definition) is 5. The zero-order valence-corrected chi connectivity index (χ0v) is 19.1. The number of carbonyl (C=O) groups excluding carboxylic acids is 2. The highest BCUT2D eigenvalue weighted by Gasteiger charge is 2.43. The Morgan fingerprint density at radius 3 is 2.25 bits per heavy atom. The second-order valence-electron chi connectivity index (χ2n) is 8.43. The van der Waals surface area contributed by atoms with Gasteiger partial charge in [0.2, 0.25) is 0 Å². The zero-order chi connectivity index (χ0) is 22.7. The molecule has 0 unspecified atom stereocenters. The molecule has 2 amide bonds. The number of ether oxygens (including phenoxy) is 1. The van der Waals surface area contributed by atoms with Crippen molar-refractivity contribution in [3.8, 4) is 5.75 Å². The number of imide groups is 1. The number of para-hydroxylation sites is 1. The van der Waals surface area contributed by atoms with Crippen molar-refractivity contribution >= 4 is 23.1 Å². The Labute approximate surface area is 190 Å². The molecule has 1 fully saturated rings. The van der Waals surface area contributed by atoms with Crippen LogP contribution in [0, 0.1) is 0 Å². The summed E-state index contributed by atoms with van der Waals surface area (Å²) in [5.74, 6) is 0.0311. The lowest BCUT2D eigenvalue weighted by molar-refractivity contribution is -0.120. The summed E-state index contributed by atoms with van der Waals surface area (Å²) >= 11 is 0. The van der Waals surface area contributed by atoms with Crippen LogP contribution in [0.3, 0.4) is 0 Å². The van der Waals surface area contributed by atoms with Crippen LogP contribution >= 0.6 is 0 Å². The first-order chi connectivity index (χ1) is 15.5. The Hall–Kier alpha value is -3.12. The van der Waals surface area contributed by atoms with Gasteiger partial charge in [0.1, 0.15) is 11.4 Å². The molecule has 0 aromatic heterocycles. The van der Waals surface area contributed by atoms with Gasteiger partial charge in [0, 0.05) is 31.7 Å². The van der Waals surface area contributed by atoms with E-state index < -0.39 is 0 Å². The summed E-state index contributed by atoms with van der Waals surface area (Å²) in [4.78, 5) is 33.0. The van der Waals surface area contributed by atoms with Gasteiger partial charge in [-0.3, -0.25) is 9.59 Å². The molecule has 32 heavy (non-hydrogen) atoms. The van der Waals surface area contributed by atoms with Crippen LogP contribution < -0.4 is 9.64 Å². The zero-order valence-electron chi connectivity index (χ0n) is 19.1. The summed E-state index contributed by atoms with van der Waals surface area (Å²) in [6, 6.07) is 15.2. The number of benzene rings is 2. The van der Waals surface area contributed by atoms with Crippen molar-refractivity contribution in [2.75, 3.05) is 45.2 Å². The number of likely N-dealkylation sites (N-methyl/N-ethyl adjacent to an activating group) is 1. The van der Waals surface area contributed by atoms with E-state index in [-0.39, 0.29) is 11.8 Å². The lowest BCUT2D eigenvalue weighted by Crippen LogP contribution is -2.46. The fourth-order valence-corrected chi connectivity index (χ4v) is 4.36. The van der Waals surface area contributed by atoms with Crippen LogP contribution in [0.2, 0.25) is 0 Å². The van der Waals surface area contributed by atoms with Crippen LogP contribution in [-0.2, 0) is 16.0 Å². The average Bonchev–Trinajstić information content (AvgIpc) is 3.08. The van der Waals surface area contributed by atoms with E-state index in [2.05, 4.69) is 23.8 Å². The monoisotopic (exact) mass is 433 g/mol. The number of anilines is 1. The topological polar surface area (TPSA) is 53.1 Å². The van der Waals surface area contributed by atoms with Crippen molar-refractivity contribution in [2.24, 2.45) is 0 Å². The fraction of sp³-hybridized carbons (Fsp3) is 0.385. The highest BCUT2D eigenvalue weighted by molar-refractivity contribution is 6.45. The van der Waals surface area contributed by atoms with Crippen molar-refractivity contribution in [1.82, 2.24) is 9.80 Å². The maximum absolute atomic E-state index is 13.7. The molecule has 0 N–H and O–H groups in total. The smallest absolute Gasteiger partial charge is 0.282 e. The third-order valence-electron chi connectivity index (χ3n) is 6.27. The quantitative estimate of drug-likeness (QED) is 0.625. The van der Waals surface area contributed by atoms with Crippen molar-refractivity contribution in [1.29, 1.82) is 0 Å². The van der Waals surface area contributed by atoms with E-state index >= 15 is 0 Å². The molecule has 0 spiro atoms. The molecule has 2 aromatic rings. The highest BCUT2D eigenvalue weighted by atomic mass is 16.5. The third kappa shape index (κ3) is 4.15. The van der Waals surface area contributed by atoms with Crippen LogP contribution in [0.15, 0.2) is 54.2 Å². The predicted molar refractivity (Wildman–Crippen MR) is 127 cm³/mol. The van der Waals surface area contributed by atoms with E-state index in [1.54, 1.807) is 7.11 Å². The Morgan fingerprint density at radius 2 is 1.59 bits per heavy atom. The van der Waals surface area contributed by atoms with Gasteiger partial charge in [-0.2, -0.15) is 0 Å². The van der Waals surface area contributed by atoms with Crippen LogP contribution in [0.5, 0.6) is 5.75 Å². The van der Waals surface area contributed by atoms with Crippen LogP contribution in [0.4, 0.5) is 5.69 Å². The van der Waals surface area contributed by atoms with Gasteiger partial charge in [-0.05, 0) is 43.7 Å². The van der Waals surface area contributed by atoms with Gasteiger partial charge >= 0.3 is 0 Å². The van der Waals surface area contributed by atoms with Crippen LogP contribution in [0.25, 0.3) is 5.57 Å². The van der Waals surface area contributed by atoms with E-state index in [1.807, 2.05) is 48.5 Å². The molecule has 2 aliphatic heterocycles. The van der Waals surface area contributed by atoms with E-state index in [0.29, 0.717) is 41.4 Å². The summed E-state index contributed by atoms with van der Waals surface area (Å²) in [6.07, 6.45) is 3.25. The molecular weight excluding hydrogens is 402 g/mol. The number of piperazine rings is 1. The number of unbranched alkanes of at least 4 members (excludes halogenated alkanes) is 1. The maximum Gasteiger partial charge on any atom is 0.282 e. The van der Waals surface area contributed by atoms with Crippen molar-refractivity contribution in [3.63, 3.8) is 0 Å². The molecule has 2 heterocycles. The molecule has 0 saturated carbocycles. The first kappa shape index (κ1) is 22.1. The molecule has 1 saturated heterocycles. The molecule has 4 rings (SSSR count). The Morgan fingerprint density at radius 1 is 0.906 bits per heavy atom. The SMILES string of the molecule is CCCCc1ccc(N2C(=O)C(c3ccccc3OC)=C(N3CCN(C)CC3)C2=O)cc1. The Balaban J connectivity index is 1.75. The number of amides is 2. The van der Waals surface area contributed by atoms with Gasteiger partial charge in [-0.1, -0.05) is 43.7 Å². The number of hydrogen-bond donors (Lipinski definition) is 0. The summed E-state index contributed by atoms with van der Waals surface area (Å²) in [5, 5.41) is 0. The highest BCUT2D eigenvalue weighted by Crippen LogP contribution is 2.38. The number of nitrogens with zero attached hydrogens (tertiary/aromatic N) is 3. The lowest BCUT2D eigenvalue weighted by atomic mass is 10.0. The normalized spacial score (nSPS) is 17.5. The van der Waals surface area contributed by atoms with E-state index in [1.165, 1.54) is 10.5 Å². The van der Waals surface area contributed by atoms with Gasteiger partial charge in [0.05, 0.1) is 18.4 Å². The van der Waals surface area contributed by atoms with E-state index in [9.17, 15) is 9.59 Å². The summed E-state index contributed by atoms with van der Waals surface area (Å²) in [6.45, 7) is 5.26. The second kappa shape index (κ2) is 9.57. The van der Waals surface area contributed by atoms with Crippen molar-refractivity contribution in [2.45, 2.75) is 26.2 Å². The molecule has 0 atom stereocenters. The Kier molecular flexibility index (Phi) is 6.61. The molecule has 0 bridgehead atoms. The maximum atomic E-state index is 13.7. The minimum absolute atomic E-state index is 0.262. The van der Waals surface area contributed by atoms with Gasteiger partial charge in [-0.15, -0.1) is 0 Å². The minimum Gasteiger partial charge on any atom is -0.496 e. The fourth-order valence-electron chi connectivity index (χ4n) is 4.36. The predicted octanol–water partition coefficient (Wildman–Crippen LogP) is 3.57. The third-order valence-corrected chi connectivity index (χ3v) is 6.27. The van der Waals surface area contributed by atoms with Crippen LogP contribution in [-0.4, -0.2) is 62.0 Å². The number of aryl methyl sites for hydroxylation is 1. The first-order valence-electron chi connectivity index (χ1n) is 11.3. The summed E-state index contributed by atoms with van der Waals surface area (Å²) < 4.78 is 5.55. The Bertz CT molecular complexity index is 1020. The van der Waals surface area contributed by atoms with Gasteiger partial charge in [0.25, 0.3) is 11.8 Å². The summed E-state index contributed by atoms with van der Waals surface area (Å²) in [7, 11) is 3.66. The van der Waals surface area contributed by atoms with Crippen molar-refractivity contribution < 1.29 is 14.3 Å². The van der Waals surface area contributed by atoms with Gasteiger partial charge < -0.3 is 14.5 Å². The standard InChI is InChI=1S/C26H31N3O3/c1-4-5-8-19-11-13-20(14-12-19)29-25(30)23(21-9-6-7-10-22(21)32-3)24(26(29)31)28-17-15-27(2)16-18-28/h6-7,9-14H,4-5,8,15-18H2,1-3H3. The van der Waals surface area contributed by atoms with E-state index in [0.717, 1.165) is 32.4 Å².